The van der Waals surface area contributed by atoms with E-state index in [1.54, 1.807) is 6.07 Å². The van der Waals surface area contributed by atoms with E-state index in [9.17, 15) is 9.59 Å². The third-order valence-electron chi connectivity index (χ3n) is 5.54. The van der Waals surface area contributed by atoms with Crippen molar-refractivity contribution in [2.45, 2.75) is 31.8 Å². The second-order valence-corrected chi connectivity index (χ2v) is 7.50. The van der Waals surface area contributed by atoms with Gasteiger partial charge >= 0.3 is 0 Å². The molecule has 1 aromatic heterocycles. The Balaban J connectivity index is 1.19. The number of carbonyl (C=O) groups excluding carboxylic acids is 2. The Kier molecular flexibility index (Phi) is 3.83. The van der Waals surface area contributed by atoms with Crippen LogP contribution in [-0.4, -0.2) is 53.7 Å². The number of nitrogens with zero attached hydrogens (tertiary/aromatic N) is 2. The van der Waals surface area contributed by atoms with Crippen LogP contribution in [0.25, 0.3) is 0 Å². The summed E-state index contributed by atoms with van der Waals surface area (Å²) in [6, 6.07) is 1.54. The molecule has 0 radical (unpaired) electrons. The predicted octanol–water partition coefficient (Wildman–Crippen LogP) is 1.07. The largest absolute Gasteiger partial charge is 0.371 e. The summed E-state index contributed by atoms with van der Waals surface area (Å²) < 4.78 is 10.9. The average molecular weight is 333 g/mol. The van der Waals surface area contributed by atoms with Crippen molar-refractivity contribution in [1.29, 1.82) is 0 Å². The van der Waals surface area contributed by atoms with E-state index in [2.05, 4.69) is 17.4 Å². The van der Waals surface area contributed by atoms with E-state index in [0.29, 0.717) is 30.9 Å². The first-order chi connectivity index (χ1) is 11.6. The maximum atomic E-state index is 12.2. The van der Waals surface area contributed by atoms with E-state index >= 15 is 0 Å². The molecule has 7 heteroatoms. The lowest BCUT2D eigenvalue weighted by Gasteiger charge is -2.53. The summed E-state index contributed by atoms with van der Waals surface area (Å²) in [7, 11) is 0. The van der Waals surface area contributed by atoms with Gasteiger partial charge in [0.15, 0.2) is 0 Å². The molecule has 3 atom stereocenters. The number of aromatic nitrogens is 1. The first-order valence-corrected chi connectivity index (χ1v) is 8.68. The zero-order valence-corrected chi connectivity index (χ0v) is 13.9. The number of nitrogens with one attached hydrogen (secondary N) is 1. The third-order valence-corrected chi connectivity index (χ3v) is 5.54. The molecule has 2 saturated heterocycles. The van der Waals surface area contributed by atoms with Gasteiger partial charge in [0, 0.05) is 18.5 Å². The molecule has 3 aliphatic rings. The van der Waals surface area contributed by atoms with Gasteiger partial charge in [-0.15, -0.1) is 0 Å². The van der Waals surface area contributed by atoms with Crippen LogP contribution in [0.2, 0.25) is 0 Å². The second-order valence-electron chi connectivity index (χ2n) is 7.50. The Morgan fingerprint density at radius 2 is 2.25 bits per heavy atom. The molecule has 3 heterocycles. The highest BCUT2D eigenvalue weighted by Gasteiger charge is 2.52. The molecule has 1 saturated carbocycles. The van der Waals surface area contributed by atoms with Crippen LogP contribution < -0.4 is 5.32 Å². The van der Waals surface area contributed by atoms with Gasteiger partial charge in [0.1, 0.15) is 5.60 Å². The van der Waals surface area contributed by atoms with Crippen LogP contribution in [-0.2, 0) is 9.53 Å². The minimum atomic E-state index is -0.244. The highest BCUT2D eigenvalue weighted by Crippen LogP contribution is 2.43. The van der Waals surface area contributed by atoms with E-state index < -0.39 is 0 Å². The Bertz CT molecular complexity index is 614. The van der Waals surface area contributed by atoms with Gasteiger partial charge in [-0.1, -0.05) is 12.1 Å². The molecular formula is C17H23N3O4. The molecule has 1 aromatic rings. The fourth-order valence-corrected chi connectivity index (χ4v) is 3.69. The van der Waals surface area contributed by atoms with Gasteiger partial charge in [0.25, 0.3) is 5.91 Å². The zero-order valence-electron chi connectivity index (χ0n) is 13.9. The smallest absolute Gasteiger partial charge is 0.289 e. The minimum Gasteiger partial charge on any atom is -0.371 e. The quantitative estimate of drug-likeness (QED) is 0.891. The molecule has 0 aromatic carbocycles. The summed E-state index contributed by atoms with van der Waals surface area (Å²) in [4.78, 5) is 26.0. The van der Waals surface area contributed by atoms with Gasteiger partial charge in [-0.3, -0.25) is 9.59 Å². The van der Waals surface area contributed by atoms with Gasteiger partial charge < -0.3 is 19.5 Å². The highest BCUT2D eigenvalue weighted by atomic mass is 16.5. The molecule has 2 amide bonds. The van der Waals surface area contributed by atoms with E-state index in [1.165, 1.54) is 6.20 Å². The van der Waals surface area contributed by atoms with Gasteiger partial charge in [0.2, 0.25) is 11.7 Å². The number of likely N-dealkylation sites (tertiary alicyclic amines) is 1. The number of carbonyl (C=O) groups is 2. The molecule has 1 N–H and O–H groups in total. The number of hydrogen-bond donors (Lipinski definition) is 1. The molecule has 0 bridgehead atoms. The fraction of sp³-hybridized carbons (Fsp3) is 0.706. The Hall–Kier alpha value is -1.89. The number of ether oxygens (including phenoxy) is 1. The lowest BCUT2D eigenvalue weighted by atomic mass is 9.82. The number of hydrogen-bond acceptors (Lipinski definition) is 5. The molecule has 7 nitrogen and oxygen atoms in total. The van der Waals surface area contributed by atoms with Crippen LogP contribution in [0.3, 0.4) is 0 Å². The predicted molar refractivity (Wildman–Crippen MR) is 84.1 cm³/mol. The van der Waals surface area contributed by atoms with Crippen LogP contribution in [0.5, 0.6) is 0 Å². The summed E-state index contributed by atoms with van der Waals surface area (Å²) in [5, 5.41) is 6.38. The maximum absolute atomic E-state index is 12.2. The molecule has 2 aliphatic heterocycles. The van der Waals surface area contributed by atoms with Crippen molar-refractivity contribution < 1.29 is 18.8 Å². The van der Waals surface area contributed by atoms with E-state index in [-0.39, 0.29) is 23.2 Å². The van der Waals surface area contributed by atoms with Crippen LogP contribution in [0.15, 0.2) is 16.8 Å². The Morgan fingerprint density at radius 3 is 2.83 bits per heavy atom. The van der Waals surface area contributed by atoms with Crippen molar-refractivity contribution in [2.24, 2.45) is 17.8 Å². The summed E-state index contributed by atoms with van der Waals surface area (Å²) in [6.07, 6.45) is 4.43. The highest BCUT2D eigenvalue weighted by molar-refractivity contribution is 5.91. The van der Waals surface area contributed by atoms with Crippen LogP contribution >= 0.6 is 0 Å². The van der Waals surface area contributed by atoms with Crippen molar-refractivity contribution in [3.8, 4) is 0 Å². The topological polar surface area (TPSA) is 84.7 Å². The summed E-state index contributed by atoms with van der Waals surface area (Å²) in [5.74, 6) is 1.40. The number of amides is 2. The van der Waals surface area contributed by atoms with Crippen LogP contribution in [0.4, 0.5) is 0 Å². The average Bonchev–Trinajstić information content (AvgIpc) is 3.06. The molecule has 24 heavy (non-hydrogen) atoms. The molecule has 4 rings (SSSR count). The summed E-state index contributed by atoms with van der Waals surface area (Å²) in [6.45, 7) is 4.78. The lowest BCUT2D eigenvalue weighted by Crippen LogP contribution is -2.66. The fourth-order valence-electron chi connectivity index (χ4n) is 3.69. The van der Waals surface area contributed by atoms with Gasteiger partial charge in [-0.2, -0.15) is 0 Å². The Labute approximate surface area is 140 Å². The summed E-state index contributed by atoms with van der Waals surface area (Å²) >= 11 is 0. The summed E-state index contributed by atoms with van der Waals surface area (Å²) in [5.41, 5.74) is -0.140. The van der Waals surface area contributed by atoms with E-state index in [4.69, 9.17) is 9.26 Å². The van der Waals surface area contributed by atoms with Gasteiger partial charge in [-0.05, 0) is 31.1 Å². The van der Waals surface area contributed by atoms with Crippen LogP contribution in [0.1, 0.15) is 36.7 Å². The standard InChI is InChI=1S/C17H23N3O4/c1-11-6-13(11)16(22)20-9-17(10-20)4-2-12(8-23-17)7-18-15(21)14-3-5-19-24-14/h3,5,11-13H,2,4,6-10H2,1H3,(H,18,21). The zero-order chi connectivity index (χ0) is 16.7. The molecular weight excluding hydrogens is 310 g/mol. The minimum absolute atomic E-state index is 0.140. The molecule has 3 unspecified atom stereocenters. The molecule has 130 valence electrons. The maximum Gasteiger partial charge on any atom is 0.289 e. The monoisotopic (exact) mass is 333 g/mol. The van der Waals surface area contributed by atoms with Crippen molar-refractivity contribution in [3.63, 3.8) is 0 Å². The second kappa shape index (κ2) is 5.88. The number of rotatable bonds is 4. The van der Waals surface area contributed by atoms with Crippen LogP contribution in [0, 0.1) is 17.8 Å². The normalized spacial score (nSPS) is 30.7. The van der Waals surface area contributed by atoms with Crippen molar-refractivity contribution in [2.75, 3.05) is 26.2 Å². The van der Waals surface area contributed by atoms with E-state index in [0.717, 1.165) is 32.4 Å². The molecule has 1 spiro atoms. The van der Waals surface area contributed by atoms with E-state index in [1.807, 2.05) is 4.90 Å². The third kappa shape index (κ3) is 2.92. The lowest BCUT2D eigenvalue weighted by molar-refractivity contribution is -0.189. The van der Waals surface area contributed by atoms with Crippen molar-refractivity contribution in [3.05, 3.63) is 18.0 Å². The first kappa shape index (κ1) is 15.6. The van der Waals surface area contributed by atoms with Gasteiger partial charge in [-0.25, -0.2) is 0 Å². The SMILES string of the molecule is CC1CC1C(=O)N1CC2(CCC(CNC(=O)c3ccno3)CO2)C1. The molecule has 3 fully saturated rings. The Morgan fingerprint density at radius 1 is 1.46 bits per heavy atom. The van der Waals surface area contributed by atoms with Gasteiger partial charge in [0.05, 0.1) is 25.9 Å². The first-order valence-electron chi connectivity index (χ1n) is 8.68. The van der Waals surface area contributed by atoms with Crippen molar-refractivity contribution in [1.82, 2.24) is 15.4 Å². The van der Waals surface area contributed by atoms with Crippen molar-refractivity contribution >= 4 is 11.8 Å². The molecule has 1 aliphatic carbocycles.